The second-order valence-corrected chi connectivity index (χ2v) is 4.85. The quantitative estimate of drug-likeness (QED) is 0.394. The smallest absolute Gasteiger partial charge is 0.197 e. The summed E-state index contributed by atoms with van der Waals surface area (Å²) < 4.78 is 16.8. The Morgan fingerprint density at radius 3 is 2.36 bits per heavy atom. The summed E-state index contributed by atoms with van der Waals surface area (Å²) in [4.78, 5) is 0. The maximum Gasteiger partial charge on any atom is 0.197 e. The zero-order valence-electron chi connectivity index (χ0n) is 12.9. The Morgan fingerprint density at radius 1 is 0.955 bits per heavy atom. The number of allylic oxidation sites excluding steroid dienone is 1. The van der Waals surface area contributed by atoms with E-state index < -0.39 is 0 Å². The lowest BCUT2D eigenvalue weighted by atomic mass is 10.1. The van der Waals surface area contributed by atoms with Crippen LogP contribution in [-0.2, 0) is 11.2 Å². The predicted octanol–water partition coefficient (Wildman–Crippen LogP) is 4.24. The third-order valence-electron chi connectivity index (χ3n) is 3.05. The molecule has 116 valence electrons. The second-order valence-electron chi connectivity index (χ2n) is 4.85. The monoisotopic (exact) mass is 298 g/mol. The molecule has 0 saturated carbocycles. The molecule has 1 unspecified atom stereocenters. The summed E-state index contributed by atoms with van der Waals surface area (Å²) in [5.41, 5.74) is 1.21. The lowest BCUT2D eigenvalue weighted by molar-refractivity contribution is -0.0739. The van der Waals surface area contributed by atoms with Crippen LogP contribution >= 0.6 is 0 Å². The summed E-state index contributed by atoms with van der Waals surface area (Å²) in [5, 5.41) is 0. The van der Waals surface area contributed by atoms with Crippen LogP contribution in [0.2, 0.25) is 0 Å². The van der Waals surface area contributed by atoms with Crippen LogP contribution in [0.1, 0.15) is 12.5 Å². The average Bonchev–Trinajstić information content (AvgIpc) is 2.55. The van der Waals surface area contributed by atoms with Crippen LogP contribution in [0.25, 0.3) is 0 Å². The highest BCUT2D eigenvalue weighted by molar-refractivity contribution is 5.28. The molecule has 0 N–H and O–H groups in total. The summed E-state index contributed by atoms with van der Waals surface area (Å²) in [5.74, 6) is 1.64. The SMILES string of the molecule is C=CCc1ccc(OC(C)OCCOc2ccccc2)cc1. The zero-order valence-corrected chi connectivity index (χ0v) is 12.9. The summed E-state index contributed by atoms with van der Waals surface area (Å²) in [6, 6.07) is 17.6. The van der Waals surface area contributed by atoms with E-state index in [0.29, 0.717) is 13.2 Å². The predicted molar refractivity (Wildman–Crippen MR) is 88.3 cm³/mol. The van der Waals surface area contributed by atoms with Crippen molar-refractivity contribution >= 4 is 0 Å². The Labute approximate surface area is 132 Å². The number of para-hydroxylation sites is 1. The molecule has 0 aromatic heterocycles. The van der Waals surface area contributed by atoms with Gasteiger partial charge in [0.25, 0.3) is 0 Å². The summed E-state index contributed by atoms with van der Waals surface area (Å²) in [6.45, 7) is 6.58. The lowest BCUT2D eigenvalue weighted by Gasteiger charge is -2.16. The minimum absolute atomic E-state index is 0.315. The van der Waals surface area contributed by atoms with Gasteiger partial charge in [-0.3, -0.25) is 0 Å². The van der Waals surface area contributed by atoms with E-state index in [1.807, 2.05) is 67.6 Å². The van der Waals surface area contributed by atoms with Crippen molar-refractivity contribution in [1.29, 1.82) is 0 Å². The largest absolute Gasteiger partial charge is 0.491 e. The van der Waals surface area contributed by atoms with Gasteiger partial charge in [0.1, 0.15) is 18.1 Å². The summed E-state index contributed by atoms with van der Waals surface area (Å²) in [7, 11) is 0. The molecule has 2 aromatic carbocycles. The molecule has 0 heterocycles. The minimum atomic E-state index is -0.315. The van der Waals surface area contributed by atoms with E-state index in [4.69, 9.17) is 14.2 Å². The number of rotatable bonds is 9. The topological polar surface area (TPSA) is 27.7 Å². The van der Waals surface area contributed by atoms with Gasteiger partial charge in [0.15, 0.2) is 6.29 Å². The Balaban J connectivity index is 1.67. The maximum absolute atomic E-state index is 5.70. The standard InChI is InChI=1S/C19H22O3/c1-3-7-17-10-12-19(13-11-17)22-16(2)20-14-15-21-18-8-5-4-6-9-18/h3-6,8-13,16H,1,7,14-15H2,2H3. The van der Waals surface area contributed by atoms with Gasteiger partial charge in [0.2, 0.25) is 0 Å². The summed E-state index contributed by atoms with van der Waals surface area (Å²) in [6.07, 6.45) is 2.43. The average molecular weight is 298 g/mol. The fraction of sp³-hybridized carbons (Fsp3) is 0.263. The van der Waals surface area contributed by atoms with Crippen molar-refractivity contribution in [2.24, 2.45) is 0 Å². The number of hydrogen-bond donors (Lipinski definition) is 0. The third kappa shape index (κ3) is 5.62. The molecule has 0 radical (unpaired) electrons. The molecule has 3 nitrogen and oxygen atoms in total. The van der Waals surface area contributed by atoms with Crippen molar-refractivity contribution in [2.75, 3.05) is 13.2 Å². The first-order valence-corrected chi connectivity index (χ1v) is 7.44. The van der Waals surface area contributed by atoms with E-state index in [0.717, 1.165) is 17.9 Å². The van der Waals surface area contributed by atoms with Gasteiger partial charge in [-0.15, -0.1) is 6.58 Å². The molecule has 0 aliphatic carbocycles. The van der Waals surface area contributed by atoms with Crippen molar-refractivity contribution in [3.8, 4) is 11.5 Å². The van der Waals surface area contributed by atoms with Gasteiger partial charge < -0.3 is 14.2 Å². The highest BCUT2D eigenvalue weighted by atomic mass is 16.7. The van der Waals surface area contributed by atoms with Crippen molar-refractivity contribution in [3.63, 3.8) is 0 Å². The Bertz CT molecular complexity index is 549. The van der Waals surface area contributed by atoms with E-state index in [9.17, 15) is 0 Å². The van der Waals surface area contributed by atoms with Crippen molar-refractivity contribution in [3.05, 3.63) is 72.8 Å². The summed E-state index contributed by atoms with van der Waals surface area (Å²) >= 11 is 0. The fourth-order valence-electron chi connectivity index (χ4n) is 1.99. The molecule has 0 aliphatic heterocycles. The van der Waals surface area contributed by atoms with Crippen LogP contribution in [0.5, 0.6) is 11.5 Å². The third-order valence-corrected chi connectivity index (χ3v) is 3.05. The van der Waals surface area contributed by atoms with Crippen LogP contribution in [0.4, 0.5) is 0 Å². The number of hydrogen-bond acceptors (Lipinski definition) is 3. The highest BCUT2D eigenvalue weighted by Gasteiger charge is 2.04. The molecule has 22 heavy (non-hydrogen) atoms. The van der Waals surface area contributed by atoms with Crippen molar-refractivity contribution in [1.82, 2.24) is 0 Å². The first kappa shape index (κ1) is 16.1. The first-order chi connectivity index (χ1) is 10.8. The molecule has 2 rings (SSSR count). The van der Waals surface area contributed by atoms with Gasteiger partial charge in [-0.25, -0.2) is 0 Å². The molecule has 0 spiro atoms. The van der Waals surface area contributed by atoms with Gasteiger partial charge in [0.05, 0.1) is 6.61 Å². The Kier molecular flexibility index (Phi) is 6.52. The van der Waals surface area contributed by atoms with Crippen LogP contribution in [0.3, 0.4) is 0 Å². The second kappa shape index (κ2) is 8.90. The molecule has 0 saturated heterocycles. The molecule has 2 aromatic rings. The molecule has 0 bridgehead atoms. The normalized spacial score (nSPS) is 11.7. The molecule has 0 aliphatic rings. The van der Waals surface area contributed by atoms with Crippen LogP contribution in [0.15, 0.2) is 67.3 Å². The van der Waals surface area contributed by atoms with Gasteiger partial charge in [-0.1, -0.05) is 36.4 Å². The van der Waals surface area contributed by atoms with E-state index in [1.165, 1.54) is 5.56 Å². The van der Waals surface area contributed by atoms with E-state index in [-0.39, 0.29) is 6.29 Å². The lowest BCUT2D eigenvalue weighted by Crippen LogP contribution is -2.19. The van der Waals surface area contributed by atoms with Gasteiger partial charge in [0, 0.05) is 0 Å². The fourth-order valence-corrected chi connectivity index (χ4v) is 1.99. The van der Waals surface area contributed by atoms with E-state index in [1.54, 1.807) is 0 Å². The molecule has 0 fully saturated rings. The number of benzene rings is 2. The van der Waals surface area contributed by atoms with Crippen LogP contribution in [0, 0.1) is 0 Å². The van der Waals surface area contributed by atoms with E-state index >= 15 is 0 Å². The molecule has 1 atom stereocenters. The van der Waals surface area contributed by atoms with Crippen molar-refractivity contribution < 1.29 is 14.2 Å². The molecule has 0 amide bonds. The van der Waals surface area contributed by atoms with Gasteiger partial charge in [-0.2, -0.15) is 0 Å². The Morgan fingerprint density at radius 2 is 1.68 bits per heavy atom. The molecular weight excluding hydrogens is 276 g/mol. The number of ether oxygens (including phenoxy) is 3. The maximum atomic E-state index is 5.70. The first-order valence-electron chi connectivity index (χ1n) is 7.44. The van der Waals surface area contributed by atoms with Gasteiger partial charge in [-0.05, 0) is 43.2 Å². The minimum Gasteiger partial charge on any atom is -0.491 e. The molecule has 3 heteroatoms. The Hall–Kier alpha value is -2.26. The molecular formula is C19H22O3. The zero-order chi connectivity index (χ0) is 15.6. The van der Waals surface area contributed by atoms with E-state index in [2.05, 4.69) is 6.58 Å². The highest BCUT2D eigenvalue weighted by Crippen LogP contribution is 2.15. The van der Waals surface area contributed by atoms with Crippen molar-refractivity contribution in [2.45, 2.75) is 19.6 Å². The van der Waals surface area contributed by atoms with Gasteiger partial charge >= 0.3 is 0 Å². The van der Waals surface area contributed by atoms with Crippen LogP contribution in [-0.4, -0.2) is 19.5 Å². The van der Waals surface area contributed by atoms with Crippen LogP contribution < -0.4 is 9.47 Å².